The maximum atomic E-state index is 12.6. The van der Waals surface area contributed by atoms with Crippen LogP contribution in [-0.4, -0.2) is 45.9 Å². The van der Waals surface area contributed by atoms with Gasteiger partial charge in [-0.15, -0.1) is 0 Å². The van der Waals surface area contributed by atoms with Crippen LogP contribution >= 0.6 is 0 Å². The fourth-order valence-corrected chi connectivity index (χ4v) is 2.69. The van der Waals surface area contributed by atoms with Crippen LogP contribution in [0.1, 0.15) is 37.4 Å². The van der Waals surface area contributed by atoms with Crippen LogP contribution in [0.4, 0.5) is 18.9 Å². The molecule has 2 amide bonds. The molecule has 0 aromatic carbocycles. The third kappa shape index (κ3) is 3.82. The first-order valence-corrected chi connectivity index (χ1v) is 7.83. The van der Waals surface area contributed by atoms with Gasteiger partial charge in [-0.1, -0.05) is 0 Å². The molecule has 1 N–H and O–H groups in total. The van der Waals surface area contributed by atoms with Crippen molar-refractivity contribution < 1.29 is 22.8 Å². The molecule has 2 fully saturated rings. The van der Waals surface area contributed by atoms with Crippen molar-refractivity contribution in [2.75, 3.05) is 18.4 Å². The van der Waals surface area contributed by atoms with Gasteiger partial charge in [-0.05, 0) is 25.7 Å². The molecule has 0 radical (unpaired) electrons. The summed E-state index contributed by atoms with van der Waals surface area (Å²) in [5, 5.41) is 2.39. The summed E-state index contributed by atoms with van der Waals surface area (Å²) < 4.78 is 37.8. The Labute approximate surface area is 136 Å². The Balaban J connectivity index is 1.52. The summed E-state index contributed by atoms with van der Waals surface area (Å²) >= 11 is 0. The van der Waals surface area contributed by atoms with Gasteiger partial charge >= 0.3 is 18.0 Å². The first-order valence-electron chi connectivity index (χ1n) is 7.83. The maximum absolute atomic E-state index is 12.6. The van der Waals surface area contributed by atoms with E-state index in [2.05, 4.69) is 15.3 Å². The van der Waals surface area contributed by atoms with Gasteiger partial charge in [0.1, 0.15) is 5.82 Å². The molecule has 9 heteroatoms. The van der Waals surface area contributed by atoms with E-state index in [0.717, 1.165) is 17.7 Å². The molecule has 24 heavy (non-hydrogen) atoms. The lowest BCUT2D eigenvalue weighted by Crippen LogP contribution is -2.46. The maximum Gasteiger partial charge on any atom is 0.391 e. The number of hydrogen-bond donors (Lipinski definition) is 1. The second kappa shape index (κ2) is 6.37. The zero-order valence-corrected chi connectivity index (χ0v) is 12.8. The molecule has 3 rings (SSSR count). The first-order chi connectivity index (χ1) is 11.3. The van der Waals surface area contributed by atoms with Gasteiger partial charge in [0.05, 0.1) is 24.0 Å². The normalized spacial score (nSPS) is 19.2. The number of anilines is 1. The summed E-state index contributed by atoms with van der Waals surface area (Å²) in [7, 11) is 0. The van der Waals surface area contributed by atoms with Crippen molar-refractivity contribution in [1.29, 1.82) is 0 Å². The van der Waals surface area contributed by atoms with Crippen LogP contribution in [0, 0.1) is 5.92 Å². The molecule has 130 valence electrons. The molecule has 1 aromatic heterocycles. The molecule has 1 saturated carbocycles. The SMILES string of the molecule is O=C(Nc1cnc(C2CC2)nc1)C(=O)N1CCC(C(F)(F)F)CC1. The van der Waals surface area contributed by atoms with E-state index >= 15 is 0 Å². The number of alkyl halides is 3. The summed E-state index contributed by atoms with van der Waals surface area (Å²) in [5.41, 5.74) is 0.294. The highest BCUT2D eigenvalue weighted by Gasteiger charge is 2.42. The molecule has 1 aliphatic heterocycles. The van der Waals surface area contributed by atoms with Crippen molar-refractivity contribution in [3.8, 4) is 0 Å². The van der Waals surface area contributed by atoms with Crippen LogP contribution in [0.5, 0.6) is 0 Å². The number of amides is 2. The summed E-state index contributed by atoms with van der Waals surface area (Å²) in [6.45, 7) is -0.152. The monoisotopic (exact) mass is 342 g/mol. The van der Waals surface area contributed by atoms with E-state index < -0.39 is 23.9 Å². The average Bonchev–Trinajstić information content (AvgIpc) is 3.39. The molecular weight excluding hydrogens is 325 g/mol. The predicted molar refractivity (Wildman–Crippen MR) is 78.0 cm³/mol. The molecular formula is C15H17F3N4O2. The number of aromatic nitrogens is 2. The summed E-state index contributed by atoms with van der Waals surface area (Å²) in [6.07, 6.45) is 0.362. The van der Waals surface area contributed by atoms with Gasteiger partial charge in [-0.25, -0.2) is 9.97 Å². The van der Waals surface area contributed by atoms with Gasteiger partial charge in [0, 0.05) is 19.0 Å². The fraction of sp³-hybridized carbons (Fsp3) is 0.600. The van der Waals surface area contributed by atoms with Crippen molar-refractivity contribution in [2.45, 2.75) is 37.8 Å². The van der Waals surface area contributed by atoms with Crippen molar-refractivity contribution >= 4 is 17.5 Å². The summed E-state index contributed by atoms with van der Waals surface area (Å²) in [6, 6.07) is 0. The molecule has 1 aromatic rings. The number of likely N-dealkylation sites (tertiary alicyclic amines) is 1. The average molecular weight is 342 g/mol. The van der Waals surface area contributed by atoms with Gasteiger partial charge in [-0.2, -0.15) is 13.2 Å². The lowest BCUT2D eigenvalue weighted by Gasteiger charge is -2.32. The molecule has 0 atom stereocenters. The summed E-state index contributed by atoms with van der Waals surface area (Å²) in [4.78, 5) is 33.4. The van der Waals surface area contributed by atoms with Crippen LogP contribution < -0.4 is 5.32 Å². The van der Waals surface area contributed by atoms with Gasteiger partial charge in [0.2, 0.25) is 0 Å². The number of halogens is 3. The minimum absolute atomic E-state index is 0.0758. The molecule has 2 heterocycles. The molecule has 0 bridgehead atoms. The number of nitrogens with one attached hydrogen (secondary N) is 1. The van der Waals surface area contributed by atoms with E-state index in [0.29, 0.717) is 17.4 Å². The standard InChI is InChI=1S/C15H17F3N4O2/c16-15(17,18)10-3-5-22(6-4-10)14(24)13(23)21-11-7-19-12(20-8-11)9-1-2-9/h7-10H,1-6H2,(H,21,23). The van der Waals surface area contributed by atoms with Crippen molar-refractivity contribution in [1.82, 2.24) is 14.9 Å². The lowest BCUT2D eigenvalue weighted by molar-refractivity contribution is -0.186. The number of carbonyl (C=O) groups excluding carboxylic acids is 2. The number of rotatable bonds is 2. The van der Waals surface area contributed by atoms with Gasteiger partial charge in [0.25, 0.3) is 0 Å². The molecule has 1 aliphatic carbocycles. The van der Waals surface area contributed by atoms with Gasteiger partial charge in [0.15, 0.2) is 0 Å². The van der Waals surface area contributed by atoms with E-state index in [1.807, 2.05) is 0 Å². The van der Waals surface area contributed by atoms with Crippen LogP contribution in [0.15, 0.2) is 12.4 Å². The predicted octanol–water partition coefficient (Wildman–Crippen LogP) is 2.09. The highest BCUT2D eigenvalue weighted by atomic mass is 19.4. The molecule has 1 saturated heterocycles. The van der Waals surface area contributed by atoms with Crippen LogP contribution in [-0.2, 0) is 9.59 Å². The molecule has 6 nitrogen and oxygen atoms in total. The van der Waals surface area contributed by atoms with E-state index in [-0.39, 0.29) is 25.9 Å². The topological polar surface area (TPSA) is 75.2 Å². The minimum Gasteiger partial charge on any atom is -0.334 e. The third-order valence-electron chi connectivity index (χ3n) is 4.31. The zero-order valence-electron chi connectivity index (χ0n) is 12.8. The van der Waals surface area contributed by atoms with E-state index in [1.54, 1.807) is 0 Å². The fourth-order valence-electron chi connectivity index (χ4n) is 2.69. The largest absolute Gasteiger partial charge is 0.391 e. The Morgan fingerprint density at radius 3 is 2.17 bits per heavy atom. The zero-order chi connectivity index (χ0) is 17.3. The Hall–Kier alpha value is -2.19. The van der Waals surface area contributed by atoms with Crippen LogP contribution in [0.25, 0.3) is 0 Å². The van der Waals surface area contributed by atoms with E-state index in [1.165, 1.54) is 12.4 Å². The van der Waals surface area contributed by atoms with Crippen molar-refractivity contribution in [3.63, 3.8) is 0 Å². The van der Waals surface area contributed by atoms with E-state index in [4.69, 9.17) is 0 Å². The number of carbonyl (C=O) groups is 2. The highest BCUT2D eigenvalue weighted by molar-refractivity contribution is 6.39. The second-order valence-corrected chi connectivity index (χ2v) is 6.17. The van der Waals surface area contributed by atoms with Crippen LogP contribution in [0.2, 0.25) is 0 Å². The quantitative estimate of drug-likeness (QED) is 0.835. The lowest BCUT2D eigenvalue weighted by atomic mass is 9.96. The first kappa shape index (κ1) is 16.7. The number of nitrogens with zero attached hydrogens (tertiary/aromatic N) is 3. The Kier molecular flexibility index (Phi) is 4.42. The Bertz CT molecular complexity index is 621. The second-order valence-electron chi connectivity index (χ2n) is 6.17. The third-order valence-corrected chi connectivity index (χ3v) is 4.31. The van der Waals surface area contributed by atoms with E-state index in [9.17, 15) is 22.8 Å². The van der Waals surface area contributed by atoms with Crippen molar-refractivity contribution in [3.05, 3.63) is 18.2 Å². The minimum atomic E-state index is -4.25. The van der Waals surface area contributed by atoms with Gasteiger partial charge in [-0.3, -0.25) is 9.59 Å². The van der Waals surface area contributed by atoms with Gasteiger partial charge < -0.3 is 10.2 Å². The van der Waals surface area contributed by atoms with Crippen molar-refractivity contribution in [2.24, 2.45) is 5.92 Å². The molecule has 2 aliphatic rings. The number of piperidine rings is 1. The highest BCUT2D eigenvalue weighted by Crippen LogP contribution is 2.37. The molecule has 0 spiro atoms. The smallest absolute Gasteiger partial charge is 0.334 e. The Morgan fingerprint density at radius 2 is 1.67 bits per heavy atom. The Morgan fingerprint density at radius 1 is 1.08 bits per heavy atom. The summed E-state index contributed by atoms with van der Waals surface area (Å²) in [5.74, 6) is -2.03. The molecule has 0 unspecified atom stereocenters. The van der Waals surface area contributed by atoms with Crippen LogP contribution in [0.3, 0.4) is 0 Å². The number of hydrogen-bond acceptors (Lipinski definition) is 4.